The molecule has 1 aromatic rings. The summed E-state index contributed by atoms with van der Waals surface area (Å²) in [6.45, 7) is 15.8. The molecule has 0 radical (unpaired) electrons. The first-order valence-corrected chi connectivity index (χ1v) is 13.5. The molecule has 0 saturated carbocycles. The molecule has 0 aromatic carbocycles. The molecule has 2 heterocycles. The van der Waals surface area contributed by atoms with Crippen molar-refractivity contribution in [1.29, 1.82) is 0 Å². The standard InChI is InChI=1S/C31H39N2.BF4/c1-7-9-19-32-22(3)28-15-11-26(12-16-29(28)23(32)4)21-27-13-17-30-24(5)33(20-10-8-2)25(6)31(30)18-14-27;2-1(3,4)5/h11-18,21H,7-10,19-20H2,1-6H3;/q+1;-1. The van der Waals surface area contributed by atoms with Gasteiger partial charge in [-0.1, -0.05) is 63.1 Å². The second-order valence-corrected chi connectivity index (χ2v) is 9.98. The number of rotatable bonds is 7. The lowest BCUT2D eigenvalue weighted by molar-refractivity contribution is -0.704. The highest BCUT2D eigenvalue weighted by Crippen LogP contribution is 2.31. The molecule has 2 nitrogen and oxygen atoms in total. The van der Waals surface area contributed by atoms with Crippen LogP contribution in [-0.4, -0.2) is 11.8 Å². The van der Waals surface area contributed by atoms with Crippen LogP contribution in [0.3, 0.4) is 0 Å². The fraction of sp³-hybridized carbons (Fsp3) is 0.387. The summed E-state index contributed by atoms with van der Waals surface area (Å²) < 4.78 is 44.0. The second kappa shape index (κ2) is 12.6. The van der Waals surface area contributed by atoms with Crippen molar-refractivity contribution < 1.29 is 21.8 Å². The van der Waals surface area contributed by atoms with Crippen LogP contribution in [0.1, 0.15) is 79.0 Å². The zero-order valence-corrected chi connectivity index (χ0v) is 23.4. The van der Waals surface area contributed by atoms with Gasteiger partial charge in [0.1, 0.15) is 6.54 Å². The largest absolute Gasteiger partial charge is 0.673 e. The Balaban J connectivity index is 0.000000732. The predicted molar refractivity (Wildman–Crippen MR) is 153 cm³/mol. The molecule has 1 aliphatic heterocycles. The van der Waals surface area contributed by atoms with Crippen LogP contribution in [0, 0.1) is 27.7 Å². The maximum absolute atomic E-state index is 9.75. The van der Waals surface area contributed by atoms with Crippen LogP contribution in [0.2, 0.25) is 0 Å². The van der Waals surface area contributed by atoms with E-state index in [9.17, 15) is 17.3 Å². The Morgan fingerprint density at radius 3 is 1.66 bits per heavy atom. The molecule has 0 bridgehead atoms. The smallest absolute Gasteiger partial charge is 0.418 e. The van der Waals surface area contributed by atoms with E-state index in [0.717, 1.165) is 13.1 Å². The molecule has 38 heavy (non-hydrogen) atoms. The normalized spacial score (nSPS) is 12.8. The zero-order valence-electron chi connectivity index (χ0n) is 23.4. The van der Waals surface area contributed by atoms with Gasteiger partial charge in [0, 0.05) is 49.3 Å². The lowest BCUT2D eigenvalue weighted by atomic mass is 10.1. The average molecular weight is 526 g/mol. The van der Waals surface area contributed by atoms with Gasteiger partial charge in [0.15, 0.2) is 11.4 Å². The van der Waals surface area contributed by atoms with Crippen molar-refractivity contribution in [3.05, 3.63) is 81.5 Å². The van der Waals surface area contributed by atoms with E-state index in [1.165, 1.54) is 81.8 Å². The van der Waals surface area contributed by atoms with Gasteiger partial charge in [-0.3, -0.25) is 0 Å². The fourth-order valence-electron chi connectivity index (χ4n) is 5.22. The van der Waals surface area contributed by atoms with E-state index in [1.807, 2.05) is 0 Å². The van der Waals surface area contributed by atoms with Crippen LogP contribution in [0.15, 0.2) is 42.0 Å². The number of nitrogens with zero attached hydrogens (tertiary/aromatic N) is 2. The van der Waals surface area contributed by atoms with Crippen LogP contribution in [0.25, 0.3) is 29.4 Å². The maximum atomic E-state index is 9.75. The summed E-state index contributed by atoms with van der Waals surface area (Å²) in [6, 6.07) is 9.13. The Morgan fingerprint density at radius 1 is 0.737 bits per heavy atom. The van der Waals surface area contributed by atoms with Crippen molar-refractivity contribution in [3.63, 3.8) is 0 Å². The van der Waals surface area contributed by atoms with Crippen LogP contribution >= 0.6 is 0 Å². The minimum absolute atomic E-state index is 1.11. The molecule has 0 fully saturated rings. The van der Waals surface area contributed by atoms with E-state index in [1.54, 1.807) is 0 Å². The quantitative estimate of drug-likeness (QED) is 0.165. The average Bonchev–Trinajstić information content (AvgIpc) is 3.06. The van der Waals surface area contributed by atoms with Crippen molar-refractivity contribution in [2.45, 2.75) is 80.3 Å². The third-order valence-electron chi connectivity index (χ3n) is 7.33. The Bertz CT molecular complexity index is 1240. The van der Waals surface area contributed by atoms with E-state index in [-0.39, 0.29) is 0 Å². The fourth-order valence-corrected chi connectivity index (χ4v) is 5.22. The number of halogens is 4. The van der Waals surface area contributed by atoms with E-state index in [2.05, 4.69) is 105 Å². The van der Waals surface area contributed by atoms with Gasteiger partial charge >= 0.3 is 7.25 Å². The molecule has 204 valence electrons. The Morgan fingerprint density at radius 2 is 1.21 bits per heavy atom. The van der Waals surface area contributed by atoms with Gasteiger partial charge in [0.25, 0.3) is 0 Å². The second-order valence-electron chi connectivity index (χ2n) is 9.98. The topological polar surface area (TPSA) is 8.81 Å². The number of allylic oxidation sites excluding steroid dienone is 3. The van der Waals surface area contributed by atoms with E-state index < -0.39 is 7.25 Å². The molecule has 0 spiro atoms. The molecule has 3 aliphatic rings. The Kier molecular flexibility index (Phi) is 9.80. The number of hydrogen-bond donors (Lipinski definition) is 0. The molecule has 1 aromatic heterocycles. The first-order chi connectivity index (χ1) is 18.0. The molecular formula is C31H39BF4N2. The van der Waals surface area contributed by atoms with Gasteiger partial charge in [0.2, 0.25) is 0 Å². The summed E-state index contributed by atoms with van der Waals surface area (Å²) in [5.74, 6) is 0. The predicted octanol–water partition coefficient (Wildman–Crippen LogP) is 9.14. The van der Waals surface area contributed by atoms with Gasteiger partial charge in [-0.05, 0) is 49.6 Å². The van der Waals surface area contributed by atoms with E-state index in [0.29, 0.717) is 0 Å². The van der Waals surface area contributed by atoms with Crippen LogP contribution in [0.5, 0.6) is 0 Å². The third kappa shape index (κ3) is 7.06. The Hall–Kier alpha value is -3.09. The Labute approximate surface area is 224 Å². The molecule has 4 rings (SSSR count). The number of aromatic nitrogens is 2. The minimum atomic E-state index is -6.00. The number of hydrogen-bond acceptors (Lipinski definition) is 0. The molecule has 7 heteroatoms. The first kappa shape index (κ1) is 29.5. The molecule has 0 N–H and O–H groups in total. The van der Waals surface area contributed by atoms with Gasteiger partial charge in [-0.15, -0.1) is 0 Å². The highest BCUT2D eigenvalue weighted by Gasteiger charge is 2.24. The first-order valence-electron chi connectivity index (χ1n) is 13.5. The van der Waals surface area contributed by atoms with Gasteiger partial charge in [-0.2, -0.15) is 4.57 Å². The van der Waals surface area contributed by atoms with Crippen LogP contribution < -0.4 is 4.57 Å². The SMILES string of the molecule is CCCCn1c(C)c2c(c1C)C=CC(=Cc1ccc3c(C)[n+](CCCC)c(C)c-3cc1)C=C2.F[B-](F)(F)F. The van der Waals surface area contributed by atoms with Crippen molar-refractivity contribution in [1.82, 2.24) is 4.57 Å². The summed E-state index contributed by atoms with van der Waals surface area (Å²) in [5, 5.41) is 0. The number of fused-ring (bicyclic) bond motifs is 2. The van der Waals surface area contributed by atoms with Gasteiger partial charge < -0.3 is 21.8 Å². The monoisotopic (exact) mass is 526 g/mol. The number of unbranched alkanes of at least 4 members (excludes halogenated alkanes) is 2. The third-order valence-corrected chi connectivity index (χ3v) is 7.33. The van der Waals surface area contributed by atoms with Crippen molar-refractivity contribution in [2.24, 2.45) is 0 Å². The summed E-state index contributed by atoms with van der Waals surface area (Å²) in [7, 11) is -6.00. The van der Waals surface area contributed by atoms with Crippen molar-refractivity contribution >= 4 is 25.5 Å². The molecule has 0 unspecified atom stereocenters. The molecule has 0 saturated heterocycles. The molecular weight excluding hydrogens is 487 g/mol. The summed E-state index contributed by atoms with van der Waals surface area (Å²) in [5.41, 5.74) is 13.5. The van der Waals surface area contributed by atoms with Crippen LogP contribution in [-0.2, 0) is 13.1 Å². The summed E-state index contributed by atoms with van der Waals surface area (Å²) in [4.78, 5) is 0. The highest BCUT2D eigenvalue weighted by atomic mass is 19.5. The maximum Gasteiger partial charge on any atom is 0.673 e. The van der Waals surface area contributed by atoms with Crippen molar-refractivity contribution in [2.75, 3.05) is 0 Å². The van der Waals surface area contributed by atoms with Crippen LogP contribution in [0.4, 0.5) is 17.3 Å². The molecule has 2 aliphatic carbocycles. The lowest BCUT2D eigenvalue weighted by Gasteiger charge is -2.08. The summed E-state index contributed by atoms with van der Waals surface area (Å²) >= 11 is 0. The summed E-state index contributed by atoms with van der Waals surface area (Å²) in [6.07, 6.45) is 16.3. The van der Waals surface area contributed by atoms with Gasteiger partial charge in [-0.25, -0.2) is 0 Å². The highest BCUT2D eigenvalue weighted by molar-refractivity contribution is 6.50. The van der Waals surface area contributed by atoms with Crippen molar-refractivity contribution in [3.8, 4) is 11.1 Å². The molecule has 0 amide bonds. The van der Waals surface area contributed by atoms with E-state index >= 15 is 0 Å². The molecule has 0 atom stereocenters. The van der Waals surface area contributed by atoms with Gasteiger partial charge in [0.05, 0.1) is 11.1 Å². The zero-order chi connectivity index (χ0) is 28.0. The lowest BCUT2D eigenvalue weighted by Crippen LogP contribution is -2.37. The van der Waals surface area contributed by atoms with E-state index in [4.69, 9.17) is 0 Å². The minimum Gasteiger partial charge on any atom is -0.418 e.